The Morgan fingerprint density at radius 3 is 1.78 bits per heavy atom. The fraction of sp³-hybridized carbons (Fsp3) is 0.808. The van der Waals surface area contributed by atoms with E-state index in [1.165, 1.54) is 82.3 Å². The number of rotatable bonds is 2. The van der Waals surface area contributed by atoms with Crippen LogP contribution in [-0.4, -0.2) is 29.9 Å². The summed E-state index contributed by atoms with van der Waals surface area (Å²) in [4.78, 5) is 31.7. The third-order valence-corrected chi connectivity index (χ3v) is 19.7. The molecule has 9 aliphatic carbocycles. The molecular formula is C52H74N6. The van der Waals surface area contributed by atoms with Crippen molar-refractivity contribution in [2.45, 2.75) is 152 Å². The van der Waals surface area contributed by atoms with Crippen LogP contribution in [0, 0.1) is 139 Å². The molecule has 19 unspecified atom stereocenters. The number of hydrogen-bond acceptors (Lipinski definition) is 6. The highest BCUT2D eigenvalue weighted by Crippen LogP contribution is 2.77. The topological polar surface area (TPSA) is 77.3 Å². The molecule has 2 aromatic heterocycles. The van der Waals surface area contributed by atoms with Crippen LogP contribution in [0.3, 0.4) is 0 Å². The smallest absolute Gasteiger partial charge is 0.136 e. The van der Waals surface area contributed by atoms with Crippen LogP contribution in [0.5, 0.6) is 0 Å². The molecule has 0 saturated heterocycles. The summed E-state index contributed by atoms with van der Waals surface area (Å²) in [6.07, 6.45) is 23.2. The third-order valence-electron chi connectivity index (χ3n) is 19.7. The Morgan fingerprint density at radius 2 is 1.10 bits per heavy atom. The highest BCUT2D eigenvalue weighted by atomic mass is 15.1. The van der Waals surface area contributed by atoms with Gasteiger partial charge in [-0.1, -0.05) is 71.8 Å². The van der Waals surface area contributed by atoms with Gasteiger partial charge in [-0.25, -0.2) is 29.9 Å². The summed E-state index contributed by atoms with van der Waals surface area (Å²) in [5, 5.41) is 0. The minimum Gasteiger partial charge on any atom is -0.219 e. The van der Waals surface area contributed by atoms with Gasteiger partial charge in [-0.15, -0.1) is 0 Å². The quantitative estimate of drug-likeness (QED) is 0.282. The Labute approximate surface area is 350 Å². The van der Waals surface area contributed by atoms with Crippen molar-refractivity contribution >= 4 is 0 Å². The summed E-state index contributed by atoms with van der Waals surface area (Å²) in [6, 6.07) is 0. The van der Waals surface area contributed by atoms with Crippen molar-refractivity contribution in [2.24, 2.45) is 111 Å². The first kappa shape index (κ1) is 38.4. The molecule has 0 aliphatic heterocycles. The van der Waals surface area contributed by atoms with Crippen molar-refractivity contribution in [2.75, 3.05) is 0 Å². The van der Waals surface area contributed by atoms with E-state index in [1.807, 2.05) is 0 Å². The standard InChI is InChI=1S/C52H74N6/c1-25-53-26(2)56-49(55-25)47-41-24-38-33-15-12-11-14-32(33)34-16-13-17-35(42(34)38)44(41)48(50-57-27(3)54-28(4)58-50)46-39-20-29-18-19-30(51(5,6)7)21-36(29)37-22-31(52(8,9)10)23-40(43(37)39)45(46)47/h11,14,21,29,31-48H,12-13,15-20,22-24H2,1-10H3. The van der Waals surface area contributed by atoms with E-state index in [0.29, 0.717) is 53.3 Å². The van der Waals surface area contributed by atoms with E-state index in [9.17, 15) is 0 Å². The van der Waals surface area contributed by atoms with Crippen molar-refractivity contribution < 1.29 is 0 Å². The normalized spacial score (nSPS) is 46.2. The number of allylic oxidation sites excluding steroid dienone is 4. The SMILES string of the molecule is Cc1nc(C)nc(C2C3CC4C5CCC=CC5C5CCCC(C54)C3C(c3nc(C)nc(C)n3)C3C4CC5CCC(C(C)(C)C)=CC5C5CC(C(C)(C)C)CC(C54)C23)n1. The molecule has 58 heavy (non-hydrogen) atoms. The molecule has 2 heterocycles. The van der Waals surface area contributed by atoms with E-state index >= 15 is 0 Å². The van der Waals surface area contributed by atoms with Gasteiger partial charge in [0, 0.05) is 11.8 Å². The van der Waals surface area contributed by atoms with E-state index in [2.05, 4.69) is 87.5 Å². The zero-order valence-corrected chi connectivity index (χ0v) is 37.7. The number of fused-ring (bicyclic) bond motifs is 10. The Bertz CT molecular complexity index is 1960. The molecule has 0 aromatic carbocycles. The second-order valence-electron chi connectivity index (χ2n) is 24.2. The van der Waals surface area contributed by atoms with E-state index in [0.717, 1.165) is 82.5 Å². The predicted molar refractivity (Wildman–Crippen MR) is 230 cm³/mol. The van der Waals surface area contributed by atoms with Gasteiger partial charge in [-0.2, -0.15) is 0 Å². The zero-order valence-electron chi connectivity index (χ0n) is 37.7. The summed E-state index contributed by atoms with van der Waals surface area (Å²) in [6.45, 7) is 23.7. The van der Waals surface area contributed by atoms with E-state index < -0.39 is 0 Å². The molecule has 0 bridgehead atoms. The highest BCUT2D eigenvalue weighted by molar-refractivity contribution is 5.29. The molecule has 19 atom stereocenters. The summed E-state index contributed by atoms with van der Waals surface area (Å²) in [5.41, 5.74) is 2.27. The van der Waals surface area contributed by atoms with Crippen LogP contribution >= 0.6 is 0 Å². The van der Waals surface area contributed by atoms with Gasteiger partial charge in [0.1, 0.15) is 34.9 Å². The molecule has 11 rings (SSSR count). The second-order valence-corrected chi connectivity index (χ2v) is 24.2. The first-order valence-corrected chi connectivity index (χ1v) is 24.4. The van der Waals surface area contributed by atoms with Gasteiger partial charge < -0.3 is 0 Å². The van der Waals surface area contributed by atoms with Crippen LogP contribution in [0.15, 0.2) is 23.8 Å². The van der Waals surface area contributed by atoms with Crippen LogP contribution in [0.25, 0.3) is 0 Å². The molecule has 6 heteroatoms. The summed E-state index contributed by atoms with van der Waals surface area (Å²) >= 11 is 0. The minimum atomic E-state index is 0.251. The van der Waals surface area contributed by atoms with Crippen LogP contribution in [0.4, 0.5) is 0 Å². The van der Waals surface area contributed by atoms with Crippen LogP contribution < -0.4 is 0 Å². The molecule has 0 amide bonds. The van der Waals surface area contributed by atoms with E-state index in [-0.39, 0.29) is 10.8 Å². The van der Waals surface area contributed by atoms with Gasteiger partial charge >= 0.3 is 0 Å². The number of aromatic nitrogens is 6. The number of nitrogens with zero attached hydrogens (tertiary/aromatic N) is 6. The van der Waals surface area contributed by atoms with Crippen LogP contribution in [-0.2, 0) is 0 Å². The Morgan fingerprint density at radius 1 is 0.500 bits per heavy atom. The lowest BCUT2D eigenvalue weighted by Gasteiger charge is -2.60. The third kappa shape index (κ3) is 5.80. The van der Waals surface area contributed by atoms with Crippen molar-refractivity contribution in [3.63, 3.8) is 0 Å². The molecule has 312 valence electrons. The van der Waals surface area contributed by atoms with E-state index in [1.54, 1.807) is 5.57 Å². The molecule has 0 N–H and O–H groups in total. The number of aryl methyl sites for hydroxylation is 4. The molecule has 0 spiro atoms. The average molecular weight is 783 g/mol. The van der Waals surface area contributed by atoms with Gasteiger partial charge in [0.05, 0.1) is 0 Å². The first-order valence-electron chi connectivity index (χ1n) is 24.4. The minimum absolute atomic E-state index is 0.251. The van der Waals surface area contributed by atoms with Gasteiger partial charge in [-0.05, 0) is 203 Å². The van der Waals surface area contributed by atoms with Crippen molar-refractivity contribution in [1.29, 1.82) is 0 Å². The molecule has 7 fully saturated rings. The molecule has 6 nitrogen and oxygen atoms in total. The highest BCUT2D eigenvalue weighted by Gasteiger charge is 2.71. The molecule has 9 aliphatic rings. The molecule has 7 saturated carbocycles. The fourth-order valence-electron chi connectivity index (χ4n) is 18.2. The number of hydrogen-bond donors (Lipinski definition) is 0. The van der Waals surface area contributed by atoms with Crippen molar-refractivity contribution in [1.82, 2.24) is 29.9 Å². The Hall–Kier alpha value is -2.50. The molecule has 2 aromatic rings. The largest absolute Gasteiger partial charge is 0.219 e. The van der Waals surface area contributed by atoms with Gasteiger partial charge in [0.15, 0.2) is 0 Å². The fourth-order valence-corrected chi connectivity index (χ4v) is 18.2. The molecular weight excluding hydrogens is 709 g/mol. The van der Waals surface area contributed by atoms with Crippen LogP contribution in [0.2, 0.25) is 0 Å². The first-order chi connectivity index (χ1) is 27.7. The maximum atomic E-state index is 5.51. The maximum Gasteiger partial charge on any atom is 0.136 e. The van der Waals surface area contributed by atoms with Gasteiger partial charge in [0.25, 0.3) is 0 Å². The van der Waals surface area contributed by atoms with E-state index in [4.69, 9.17) is 29.9 Å². The monoisotopic (exact) mass is 783 g/mol. The Balaban J connectivity index is 1.14. The second kappa shape index (κ2) is 13.5. The van der Waals surface area contributed by atoms with Crippen LogP contribution in [0.1, 0.15) is 159 Å². The van der Waals surface area contributed by atoms with Crippen molar-refractivity contribution in [3.8, 4) is 0 Å². The summed E-state index contributed by atoms with van der Waals surface area (Å²) in [7, 11) is 0. The average Bonchev–Trinajstić information content (AvgIpc) is 3.66. The summed E-state index contributed by atoms with van der Waals surface area (Å²) in [5.74, 6) is 19.1. The molecule has 0 radical (unpaired) electrons. The lowest BCUT2D eigenvalue weighted by molar-refractivity contribution is -0.0904. The zero-order chi connectivity index (χ0) is 40.2. The van der Waals surface area contributed by atoms with Gasteiger partial charge in [0.2, 0.25) is 0 Å². The predicted octanol–water partition coefficient (Wildman–Crippen LogP) is 11.6. The lowest BCUT2D eigenvalue weighted by Crippen LogP contribution is -2.55. The summed E-state index contributed by atoms with van der Waals surface area (Å²) < 4.78 is 0. The maximum absolute atomic E-state index is 5.51. The van der Waals surface area contributed by atoms with Crippen molar-refractivity contribution in [3.05, 3.63) is 58.7 Å². The lowest BCUT2D eigenvalue weighted by atomic mass is 9.44. The Kier molecular flexibility index (Phi) is 8.94. The van der Waals surface area contributed by atoms with Gasteiger partial charge in [-0.3, -0.25) is 0 Å².